The molecule has 0 saturated carbocycles. The van der Waals surface area contributed by atoms with Crippen LogP contribution in [0.5, 0.6) is 0 Å². The molecular weight excluding hydrogens is 364 g/mol. The molecule has 0 aromatic heterocycles. The minimum atomic E-state index is -0.801. The fraction of sp³-hybridized carbons (Fsp3) is 0.652. The van der Waals surface area contributed by atoms with Crippen LogP contribution in [0, 0.1) is 5.92 Å². The van der Waals surface area contributed by atoms with E-state index < -0.39 is 5.54 Å². The third-order valence-electron chi connectivity index (χ3n) is 8.15. The fourth-order valence-electron chi connectivity index (χ4n) is 6.73. The molecule has 6 heteroatoms. The summed E-state index contributed by atoms with van der Waals surface area (Å²) in [6.45, 7) is 4.92. The van der Waals surface area contributed by atoms with Crippen LogP contribution in [0.25, 0.3) is 0 Å². The first-order valence-electron chi connectivity index (χ1n) is 11.4. The van der Waals surface area contributed by atoms with E-state index in [1.807, 2.05) is 23.1 Å². The van der Waals surface area contributed by atoms with Crippen molar-refractivity contribution < 1.29 is 9.59 Å². The second kappa shape index (κ2) is 6.54. The number of rotatable bonds is 2. The Labute approximate surface area is 172 Å². The topological polar surface area (TPSA) is 55.9 Å². The summed E-state index contributed by atoms with van der Waals surface area (Å²) in [5, 5.41) is 3.10. The molecule has 154 valence electrons. The number of benzene rings is 1. The van der Waals surface area contributed by atoms with Crippen LogP contribution in [-0.4, -0.2) is 71.3 Å². The summed E-state index contributed by atoms with van der Waals surface area (Å²) in [6.07, 6.45) is 6.92. The number of likely N-dealkylation sites (tertiary alicyclic amines) is 2. The summed E-state index contributed by atoms with van der Waals surface area (Å²) in [4.78, 5) is 34.1. The maximum atomic E-state index is 13.7. The first-order chi connectivity index (χ1) is 14.2. The van der Waals surface area contributed by atoms with Crippen molar-refractivity contribution in [2.45, 2.75) is 56.1 Å². The molecule has 2 amide bonds. The maximum absolute atomic E-state index is 13.7. The number of hydrogen-bond donors (Lipinski definition) is 1. The number of nitrogens with zero attached hydrogens (tertiary/aromatic N) is 3. The minimum absolute atomic E-state index is 0.00885. The molecule has 6 nitrogen and oxygen atoms in total. The second-order valence-corrected chi connectivity index (χ2v) is 9.54. The predicted molar refractivity (Wildman–Crippen MR) is 110 cm³/mol. The highest BCUT2D eigenvalue weighted by Gasteiger charge is 2.66. The molecule has 3 atom stereocenters. The molecule has 0 aliphatic carbocycles. The number of hydrogen-bond acceptors (Lipinski definition) is 4. The molecule has 5 aliphatic heterocycles. The molecule has 1 N–H and O–H groups in total. The zero-order valence-electron chi connectivity index (χ0n) is 17.0. The van der Waals surface area contributed by atoms with Gasteiger partial charge in [-0.2, -0.15) is 0 Å². The molecule has 0 radical (unpaired) electrons. The lowest BCUT2D eigenvalue weighted by Gasteiger charge is -2.48. The van der Waals surface area contributed by atoms with Crippen molar-refractivity contribution in [2.75, 3.05) is 38.0 Å². The van der Waals surface area contributed by atoms with Crippen molar-refractivity contribution >= 4 is 17.5 Å². The van der Waals surface area contributed by atoms with E-state index in [-0.39, 0.29) is 17.7 Å². The van der Waals surface area contributed by atoms with Crippen LogP contribution in [-0.2, 0) is 15.1 Å². The predicted octanol–water partition coefficient (Wildman–Crippen LogP) is 2.01. The van der Waals surface area contributed by atoms with Crippen LogP contribution < -0.4 is 5.32 Å². The molecular formula is C23H30N4O2. The fourth-order valence-corrected chi connectivity index (χ4v) is 6.73. The largest absolute Gasteiger partial charge is 0.339 e. The van der Waals surface area contributed by atoms with Crippen molar-refractivity contribution in [2.24, 2.45) is 5.92 Å². The summed E-state index contributed by atoms with van der Waals surface area (Å²) in [5.74, 6) is -0.0622. The van der Waals surface area contributed by atoms with Gasteiger partial charge in [-0.1, -0.05) is 24.6 Å². The van der Waals surface area contributed by atoms with Gasteiger partial charge in [0.15, 0.2) is 0 Å². The number of amides is 2. The molecule has 1 aromatic carbocycles. The average molecular weight is 395 g/mol. The summed E-state index contributed by atoms with van der Waals surface area (Å²) >= 11 is 0. The lowest BCUT2D eigenvalue weighted by molar-refractivity contribution is -0.150. The van der Waals surface area contributed by atoms with Crippen LogP contribution >= 0.6 is 0 Å². The quantitative estimate of drug-likeness (QED) is 0.834. The summed E-state index contributed by atoms with van der Waals surface area (Å²) < 4.78 is 0. The molecule has 1 spiro atoms. The average Bonchev–Trinajstić information content (AvgIpc) is 3.36. The van der Waals surface area contributed by atoms with Gasteiger partial charge >= 0.3 is 0 Å². The summed E-state index contributed by atoms with van der Waals surface area (Å²) in [6, 6.07) is 8.86. The molecule has 0 unspecified atom stereocenters. The molecule has 0 bridgehead atoms. The van der Waals surface area contributed by atoms with Gasteiger partial charge in [0, 0.05) is 36.4 Å². The SMILES string of the molecule is O=C([C@@H]1C[C@H]2CCCN2[C@]12C(=O)Nc1ccccc12)N1CC(N2CCCCC2)C1. The van der Waals surface area contributed by atoms with E-state index in [1.165, 1.54) is 32.4 Å². The number of fused-ring (bicyclic) bond motifs is 4. The van der Waals surface area contributed by atoms with E-state index in [4.69, 9.17) is 0 Å². The molecule has 4 saturated heterocycles. The number of carbonyl (C=O) groups excluding carboxylic acids is 2. The van der Waals surface area contributed by atoms with Crippen LogP contribution in [0.2, 0.25) is 0 Å². The second-order valence-electron chi connectivity index (χ2n) is 9.54. The lowest BCUT2D eigenvalue weighted by atomic mass is 9.77. The highest BCUT2D eigenvalue weighted by molar-refractivity contribution is 6.09. The summed E-state index contributed by atoms with van der Waals surface area (Å²) in [7, 11) is 0. The Morgan fingerprint density at radius 3 is 2.62 bits per heavy atom. The van der Waals surface area contributed by atoms with E-state index in [1.54, 1.807) is 0 Å². The van der Waals surface area contributed by atoms with Gasteiger partial charge in [0.05, 0.1) is 5.92 Å². The smallest absolute Gasteiger partial charge is 0.250 e. The van der Waals surface area contributed by atoms with E-state index >= 15 is 0 Å². The van der Waals surface area contributed by atoms with E-state index in [0.29, 0.717) is 12.1 Å². The van der Waals surface area contributed by atoms with Crippen LogP contribution in [0.1, 0.15) is 44.1 Å². The van der Waals surface area contributed by atoms with Gasteiger partial charge in [-0.3, -0.25) is 19.4 Å². The third-order valence-corrected chi connectivity index (χ3v) is 8.15. The Morgan fingerprint density at radius 2 is 1.79 bits per heavy atom. The van der Waals surface area contributed by atoms with Crippen molar-refractivity contribution in [3.05, 3.63) is 29.8 Å². The normalized spacial score (nSPS) is 34.9. The molecule has 5 aliphatic rings. The molecule has 5 heterocycles. The maximum Gasteiger partial charge on any atom is 0.250 e. The number of para-hydroxylation sites is 1. The number of anilines is 1. The van der Waals surface area contributed by atoms with E-state index in [2.05, 4.69) is 21.2 Å². The van der Waals surface area contributed by atoms with Gasteiger partial charge in [0.1, 0.15) is 5.54 Å². The van der Waals surface area contributed by atoms with Gasteiger partial charge in [-0.05, 0) is 57.8 Å². The van der Waals surface area contributed by atoms with Gasteiger partial charge < -0.3 is 10.2 Å². The molecule has 1 aromatic rings. The van der Waals surface area contributed by atoms with Gasteiger partial charge in [0.25, 0.3) is 0 Å². The highest BCUT2D eigenvalue weighted by Crippen LogP contribution is 2.55. The number of piperidine rings is 1. The first-order valence-corrected chi connectivity index (χ1v) is 11.4. The van der Waals surface area contributed by atoms with Gasteiger partial charge in [-0.15, -0.1) is 0 Å². The van der Waals surface area contributed by atoms with Crippen LogP contribution in [0.15, 0.2) is 24.3 Å². The molecule has 29 heavy (non-hydrogen) atoms. The van der Waals surface area contributed by atoms with Gasteiger partial charge in [-0.25, -0.2) is 0 Å². The van der Waals surface area contributed by atoms with E-state index in [9.17, 15) is 9.59 Å². The van der Waals surface area contributed by atoms with Crippen molar-refractivity contribution in [3.63, 3.8) is 0 Å². The lowest BCUT2D eigenvalue weighted by Crippen LogP contribution is -2.64. The van der Waals surface area contributed by atoms with Crippen LogP contribution in [0.4, 0.5) is 5.69 Å². The zero-order valence-corrected chi connectivity index (χ0v) is 17.0. The van der Waals surface area contributed by atoms with Crippen molar-refractivity contribution in [1.29, 1.82) is 0 Å². The van der Waals surface area contributed by atoms with Crippen molar-refractivity contribution in [3.8, 4) is 0 Å². The van der Waals surface area contributed by atoms with E-state index in [0.717, 1.165) is 50.1 Å². The first kappa shape index (κ1) is 17.9. The zero-order chi connectivity index (χ0) is 19.6. The van der Waals surface area contributed by atoms with Crippen LogP contribution in [0.3, 0.4) is 0 Å². The molecule has 4 fully saturated rings. The van der Waals surface area contributed by atoms with Gasteiger partial charge in [0.2, 0.25) is 11.8 Å². The Balaban J connectivity index is 1.29. The molecule has 6 rings (SSSR count). The summed E-state index contributed by atoms with van der Waals surface area (Å²) in [5.41, 5.74) is 1.10. The number of carbonyl (C=O) groups is 2. The Morgan fingerprint density at radius 1 is 1.00 bits per heavy atom. The Hall–Kier alpha value is -1.92. The standard InChI is InChI=1S/C23H30N4O2/c28-21(26-14-17(15-26)25-10-4-1-5-11-25)19-13-16-7-6-12-27(16)23(19)18-8-2-3-9-20(18)24-22(23)29/h2-3,8-9,16-17,19H,1,4-7,10-15H2,(H,24,29)/t16-,19+,23+/m1/s1. The third kappa shape index (κ3) is 2.42. The number of nitrogens with one attached hydrogen (secondary N) is 1. The van der Waals surface area contributed by atoms with Crippen molar-refractivity contribution in [1.82, 2.24) is 14.7 Å². The highest BCUT2D eigenvalue weighted by atomic mass is 16.2. The Kier molecular flexibility index (Phi) is 4.04. The Bertz CT molecular complexity index is 845. The minimum Gasteiger partial charge on any atom is -0.339 e. The monoisotopic (exact) mass is 394 g/mol.